The molecule has 0 bridgehead atoms. The van der Waals surface area contributed by atoms with E-state index in [4.69, 9.17) is 9.47 Å². The lowest BCUT2D eigenvalue weighted by molar-refractivity contribution is -0.115. The Balaban J connectivity index is 1.54. The van der Waals surface area contributed by atoms with Crippen molar-refractivity contribution in [1.82, 2.24) is 15.2 Å². The Labute approximate surface area is 213 Å². The molecule has 9 nitrogen and oxygen atoms in total. The zero-order valence-corrected chi connectivity index (χ0v) is 21.9. The van der Waals surface area contributed by atoms with E-state index in [0.717, 1.165) is 6.26 Å². The molecule has 0 aliphatic heterocycles. The number of pyridine rings is 1. The minimum Gasteiger partial charge on any atom is -0.456 e. The molecule has 0 atom stereocenters. The van der Waals surface area contributed by atoms with Crippen molar-refractivity contribution in [2.75, 3.05) is 18.7 Å². The zero-order chi connectivity index (χ0) is 27.0. The molecular weight excluding hydrogens is 499 g/mol. The van der Waals surface area contributed by atoms with Crippen LogP contribution in [0.15, 0.2) is 53.6 Å². The standard InChI is InChI=1S/C26H27FN4O5S/c1-15-20(36-21-10-11-28-19-8-7-17(13-18(19)21)37(5,33)34)9-6-16(25(15)27)12-24(32)29-23-14-22(30-31-23)26(2,3)35-4/h6-11,13-14H,12H2,1-5H3,(H2,29,30,31,32). The number of carbonyl (C=O) groups is 1. The summed E-state index contributed by atoms with van der Waals surface area (Å²) >= 11 is 0. The molecule has 4 aromatic rings. The van der Waals surface area contributed by atoms with Crippen LogP contribution in [0.2, 0.25) is 0 Å². The first-order chi connectivity index (χ1) is 17.4. The maximum absolute atomic E-state index is 15.2. The summed E-state index contributed by atoms with van der Waals surface area (Å²) in [6.45, 7) is 5.25. The number of methoxy groups -OCH3 is 1. The third-order valence-electron chi connectivity index (χ3n) is 6.09. The van der Waals surface area contributed by atoms with Crippen molar-refractivity contribution < 1.29 is 27.1 Å². The van der Waals surface area contributed by atoms with E-state index in [1.54, 1.807) is 38.3 Å². The molecule has 2 N–H and O–H groups in total. The quantitative estimate of drug-likeness (QED) is 0.342. The molecule has 1 amide bonds. The molecule has 2 aromatic carbocycles. The number of H-pyrrole nitrogens is 1. The summed E-state index contributed by atoms with van der Waals surface area (Å²) in [6, 6.07) is 10.8. The van der Waals surface area contributed by atoms with Crippen LogP contribution in [0.3, 0.4) is 0 Å². The van der Waals surface area contributed by atoms with Gasteiger partial charge in [-0.3, -0.25) is 14.9 Å². The van der Waals surface area contributed by atoms with Gasteiger partial charge in [-0.2, -0.15) is 5.10 Å². The Hall–Kier alpha value is -3.83. The second-order valence-corrected chi connectivity index (χ2v) is 11.1. The topological polar surface area (TPSA) is 123 Å². The minimum atomic E-state index is -3.44. The normalized spacial score (nSPS) is 12.1. The summed E-state index contributed by atoms with van der Waals surface area (Å²) in [7, 11) is -1.87. The molecule has 0 radical (unpaired) electrons. The third kappa shape index (κ3) is 5.62. The predicted molar refractivity (Wildman–Crippen MR) is 137 cm³/mol. The number of carbonyl (C=O) groups excluding carboxylic acids is 1. The van der Waals surface area contributed by atoms with Crippen molar-refractivity contribution in [3.05, 3.63) is 71.3 Å². The molecule has 2 heterocycles. The number of amides is 1. The number of sulfone groups is 1. The second-order valence-electron chi connectivity index (χ2n) is 9.13. The lowest BCUT2D eigenvalue weighted by Crippen LogP contribution is -2.19. The molecular formula is C26H27FN4O5S. The SMILES string of the molecule is COC(C)(C)c1cc(NC(=O)Cc2ccc(Oc3ccnc4ccc(S(C)(=O)=O)cc34)c(C)c2F)n[nH]1. The van der Waals surface area contributed by atoms with Crippen LogP contribution in [0, 0.1) is 12.7 Å². The minimum absolute atomic E-state index is 0.122. The van der Waals surface area contributed by atoms with Gasteiger partial charge in [0.1, 0.15) is 22.9 Å². The number of anilines is 1. The van der Waals surface area contributed by atoms with Crippen molar-refractivity contribution in [1.29, 1.82) is 0 Å². The predicted octanol–water partition coefficient (Wildman–Crippen LogP) is 4.66. The molecule has 11 heteroatoms. The van der Waals surface area contributed by atoms with E-state index in [0.29, 0.717) is 28.2 Å². The molecule has 194 valence electrons. The average molecular weight is 527 g/mol. The Bertz CT molecular complexity index is 1600. The van der Waals surface area contributed by atoms with Crippen molar-refractivity contribution >= 4 is 32.5 Å². The Morgan fingerprint density at radius 3 is 2.59 bits per heavy atom. The van der Waals surface area contributed by atoms with Crippen LogP contribution in [0.5, 0.6) is 11.5 Å². The summed E-state index contributed by atoms with van der Waals surface area (Å²) in [6.07, 6.45) is 2.43. The third-order valence-corrected chi connectivity index (χ3v) is 7.20. The first kappa shape index (κ1) is 26.2. The van der Waals surface area contributed by atoms with Crippen molar-refractivity contribution in [2.45, 2.75) is 37.7 Å². The van der Waals surface area contributed by atoms with E-state index in [9.17, 15) is 13.2 Å². The molecule has 0 saturated heterocycles. The molecule has 0 aliphatic rings. The summed E-state index contributed by atoms with van der Waals surface area (Å²) in [5.41, 5.74) is 1.00. The average Bonchev–Trinajstić information content (AvgIpc) is 3.32. The molecule has 4 rings (SSSR count). The number of halogens is 1. The fourth-order valence-electron chi connectivity index (χ4n) is 3.67. The van der Waals surface area contributed by atoms with Gasteiger partial charge in [0.25, 0.3) is 0 Å². The number of nitrogens with zero attached hydrogens (tertiary/aromatic N) is 2. The second kappa shape index (κ2) is 9.91. The van der Waals surface area contributed by atoms with Gasteiger partial charge in [0, 0.05) is 36.6 Å². The van der Waals surface area contributed by atoms with Gasteiger partial charge >= 0.3 is 0 Å². The number of hydrogen-bond donors (Lipinski definition) is 2. The molecule has 0 fully saturated rings. The fourth-order valence-corrected chi connectivity index (χ4v) is 4.32. The lowest BCUT2D eigenvalue weighted by atomic mass is 10.1. The highest BCUT2D eigenvalue weighted by Crippen LogP contribution is 2.33. The van der Waals surface area contributed by atoms with Crippen LogP contribution < -0.4 is 10.1 Å². The number of benzene rings is 2. The number of aromatic amines is 1. The van der Waals surface area contributed by atoms with E-state index in [1.807, 2.05) is 13.8 Å². The van der Waals surface area contributed by atoms with Crippen LogP contribution in [0.25, 0.3) is 10.9 Å². The van der Waals surface area contributed by atoms with Gasteiger partial charge in [0.2, 0.25) is 5.91 Å². The molecule has 0 spiro atoms. The molecule has 2 aromatic heterocycles. The summed E-state index contributed by atoms with van der Waals surface area (Å²) in [5, 5.41) is 10.0. The summed E-state index contributed by atoms with van der Waals surface area (Å²) in [4.78, 5) is 16.9. The maximum Gasteiger partial charge on any atom is 0.230 e. The highest BCUT2D eigenvalue weighted by Gasteiger charge is 2.23. The van der Waals surface area contributed by atoms with Gasteiger partial charge in [-0.25, -0.2) is 12.8 Å². The Morgan fingerprint density at radius 2 is 1.89 bits per heavy atom. The fraction of sp³-hybridized carbons (Fsp3) is 0.269. The van der Waals surface area contributed by atoms with Crippen LogP contribution in [0.4, 0.5) is 10.2 Å². The number of rotatable bonds is 8. The van der Waals surface area contributed by atoms with Crippen molar-refractivity contribution in [3.8, 4) is 11.5 Å². The molecule has 0 saturated carbocycles. The van der Waals surface area contributed by atoms with Gasteiger partial charge in [0.05, 0.1) is 22.5 Å². The maximum atomic E-state index is 15.2. The molecule has 0 unspecified atom stereocenters. The van der Waals surface area contributed by atoms with Gasteiger partial charge in [-0.05, 0) is 56.7 Å². The highest BCUT2D eigenvalue weighted by atomic mass is 32.2. The van der Waals surface area contributed by atoms with E-state index in [2.05, 4.69) is 20.5 Å². The number of fused-ring (bicyclic) bond motifs is 1. The first-order valence-electron chi connectivity index (χ1n) is 11.3. The van der Waals surface area contributed by atoms with Crippen LogP contribution in [-0.2, 0) is 31.4 Å². The number of nitrogens with one attached hydrogen (secondary N) is 2. The van der Waals surface area contributed by atoms with Crippen molar-refractivity contribution in [3.63, 3.8) is 0 Å². The Kier molecular flexibility index (Phi) is 7.03. The number of aromatic nitrogens is 3. The van der Waals surface area contributed by atoms with Gasteiger partial charge in [0.15, 0.2) is 15.7 Å². The van der Waals surface area contributed by atoms with Crippen LogP contribution >= 0.6 is 0 Å². The summed E-state index contributed by atoms with van der Waals surface area (Å²) < 4.78 is 50.6. The first-order valence-corrected chi connectivity index (χ1v) is 13.2. The zero-order valence-electron chi connectivity index (χ0n) is 21.0. The monoisotopic (exact) mass is 526 g/mol. The highest BCUT2D eigenvalue weighted by molar-refractivity contribution is 7.90. The van der Waals surface area contributed by atoms with Gasteiger partial charge in [-0.1, -0.05) is 6.07 Å². The summed E-state index contributed by atoms with van der Waals surface area (Å²) in [5.74, 6) is -0.144. The van der Waals surface area contributed by atoms with E-state index in [-0.39, 0.29) is 28.2 Å². The molecule has 0 aliphatic carbocycles. The van der Waals surface area contributed by atoms with Crippen LogP contribution in [0.1, 0.15) is 30.7 Å². The van der Waals surface area contributed by atoms with Crippen LogP contribution in [-0.4, -0.2) is 42.9 Å². The largest absolute Gasteiger partial charge is 0.456 e. The van der Waals surface area contributed by atoms with Gasteiger partial charge in [-0.15, -0.1) is 0 Å². The smallest absolute Gasteiger partial charge is 0.230 e. The van der Waals surface area contributed by atoms with E-state index < -0.39 is 27.2 Å². The van der Waals surface area contributed by atoms with E-state index >= 15 is 4.39 Å². The van der Waals surface area contributed by atoms with E-state index in [1.165, 1.54) is 24.4 Å². The lowest BCUT2D eigenvalue weighted by Gasteiger charge is -2.20. The van der Waals surface area contributed by atoms with Gasteiger partial charge < -0.3 is 14.8 Å². The number of hydrogen-bond acceptors (Lipinski definition) is 7. The van der Waals surface area contributed by atoms with Crippen molar-refractivity contribution in [2.24, 2.45) is 0 Å². The molecule has 37 heavy (non-hydrogen) atoms. The number of ether oxygens (including phenoxy) is 2. The Morgan fingerprint density at radius 1 is 1.14 bits per heavy atom.